The molecular weight excluding hydrogens is 182 g/mol. The van der Waals surface area contributed by atoms with E-state index in [1.807, 2.05) is 0 Å². The van der Waals surface area contributed by atoms with E-state index in [9.17, 15) is 0 Å². The van der Waals surface area contributed by atoms with E-state index in [2.05, 4.69) is 26.1 Å². The first-order chi connectivity index (χ1) is 7.09. The first-order valence-corrected chi connectivity index (χ1v) is 6.87. The molecule has 2 atom stereocenters. The number of nitrogens with one attached hydrogen (secondary N) is 1. The van der Waals surface area contributed by atoms with E-state index >= 15 is 0 Å². The fourth-order valence-electron chi connectivity index (χ4n) is 3.60. The molecule has 0 saturated heterocycles. The molecule has 0 amide bonds. The highest BCUT2D eigenvalue weighted by atomic mass is 15.0. The maximum atomic E-state index is 3.95. The Bertz CT molecular complexity index is 203. The van der Waals surface area contributed by atoms with Crippen LogP contribution in [0.25, 0.3) is 0 Å². The highest BCUT2D eigenvalue weighted by Gasteiger charge is 2.35. The quantitative estimate of drug-likeness (QED) is 0.747. The standard InChI is InChI=1S/C14H27N/c1-11-7-6-10-13(11)15-14(2,3)12-8-4-5-9-12/h11-13,15H,4-10H2,1-3H3. The lowest BCUT2D eigenvalue weighted by molar-refractivity contribution is 0.212. The van der Waals surface area contributed by atoms with Crippen molar-refractivity contribution in [1.82, 2.24) is 5.32 Å². The molecule has 1 nitrogen and oxygen atoms in total. The lowest BCUT2D eigenvalue weighted by Gasteiger charge is -2.37. The summed E-state index contributed by atoms with van der Waals surface area (Å²) in [6, 6.07) is 0.792. The summed E-state index contributed by atoms with van der Waals surface area (Å²) in [5.74, 6) is 1.82. The number of hydrogen-bond acceptors (Lipinski definition) is 1. The van der Waals surface area contributed by atoms with Gasteiger partial charge in [0.15, 0.2) is 0 Å². The van der Waals surface area contributed by atoms with Gasteiger partial charge in [-0.05, 0) is 51.4 Å². The van der Waals surface area contributed by atoms with Crippen LogP contribution in [0.4, 0.5) is 0 Å². The smallest absolute Gasteiger partial charge is 0.0156 e. The Labute approximate surface area is 95.0 Å². The lowest BCUT2D eigenvalue weighted by atomic mass is 9.84. The van der Waals surface area contributed by atoms with Crippen molar-refractivity contribution in [2.45, 2.75) is 77.3 Å². The highest BCUT2D eigenvalue weighted by Crippen LogP contribution is 2.36. The Hall–Kier alpha value is -0.0400. The Morgan fingerprint density at radius 2 is 1.60 bits per heavy atom. The van der Waals surface area contributed by atoms with E-state index in [-0.39, 0.29) is 0 Å². The monoisotopic (exact) mass is 209 g/mol. The second-order valence-electron chi connectivity index (χ2n) is 6.36. The van der Waals surface area contributed by atoms with E-state index in [4.69, 9.17) is 0 Å². The maximum absolute atomic E-state index is 3.95. The molecule has 0 aromatic carbocycles. The van der Waals surface area contributed by atoms with Gasteiger partial charge in [0.2, 0.25) is 0 Å². The van der Waals surface area contributed by atoms with Crippen molar-refractivity contribution < 1.29 is 0 Å². The zero-order valence-corrected chi connectivity index (χ0v) is 10.7. The average molecular weight is 209 g/mol. The van der Waals surface area contributed by atoms with Gasteiger partial charge in [0.05, 0.1) is 0 Å². The molecule has 1 heteroatoms. The molecule has 0 radical (unpaired) electrons. The summed E-state index contributed by atoms with van der Waals surface area (Å²) in [5, 5.41) is 3.95. The number of hydrogen-bond donors (Lipinski definition) is 1. The summed E-state index contributed by atoms with van der Waals surface area (Å²) >= 11 is 0. The van der Waals surface area contributed by atoms with Crippen LogP contribution in [0.5, 0.6) is 0 Å². The molecule has 1 N–H and O–H groups in total. The first kappa shape index (κ1) is 11.4. The van der Waals surface area contributed by atoms with Gasteiger partial charge in [-0.3, -0.25) is 0 Å². The zero-order chi connectivity index (χ0) is 10.9. The minimum atomic E-state index is 0.375. The van der Waals surface area contributed by atoms with Crippen molar-refractivity contribution in [2.24, 2.45) is 11.8 Å². The third-order valence-corrected chi connectivity index (χ3v) is 4.79. The fraction of sp³-hybridized carbons (Fsp3) is 1.00. The van der Waals surface area contributed by atoms with E-state index in [1.165, 1.54) is 44.9 Å². The summed E-state index contributed by atoms with van der Waals surface area (Å²) in [6.07, 6.45) is 10.1. The molecule has 2 aliphatic carbocycles. The van der Waals surface area contributed by atoms with Crippen molar-refractivity contribution in [1.29, 1.82) is 0 Å². The molecule has 0 aromatic heterocycles. The van der Waals surface area contributed by atoms with Crippen molar-refractivity contribution in [3.05, 3.63) is 0 Å². The fourth-order valence-corrected chi connectivity index (χ4v) is 3.60. The molecule has 2 aliphatic rings. The van der Waals surface area contributed by atoms with E-state index in [1.54, 1.807) is 0 Å². The summed E-state index contributed by atoms with van der Waals surface area (Å²) in [4.78, 5) is 0. The minimum absolute atomic E-state index is 0.375. The van der Waals surface area contributed by atoms with Crippen LogP contribution in [0.15, 0.2) is 0 Å². The van der Waals surface area contributed by atoms with Crippen molar-refractivity contribution in [2.75, 3.05) is 0 Å². The molecule has 2 saturated carbocycles. The first-order valence-electron chi connectivity index (χ1n) is 6.87. The third kappa shape index (κ3) is 2.55. The number of rotatable bonds is 3. The minimum Gasteiger partial charge on any atom is -0.309 e. The van der Waals surface area contributed by atoms with Gasteiger partial charge in [-0.15, -0.1) is 0 Å². The van der Waals surface area contributed by atoms with Gasteiger partial charge in [-0.2, -0.15) is 0 Å². The van der Waals surface area contributed by atoms with Gasteiger partial charge < -0.3 is 5.32 Å². The second kappa shape index (κ2) is 4.45. The summed E-state index contributed by atoms with van der Waals surface area (Å²) in [5.41, 5.74) is 0.375. The van der Waals surface area contributed by atoms with Gasteiger partial charge in [0.1, 0.15) is 0 Å². The van der Waals surface area contributed by atoms with Crippen LogP contribution < -0.4 is 5.32 Å². The molecule has 15 heavy (non-hydrogen) atoms. The topological polar surface area (TPSA) is 12.0 Å². The molecule has 0 heterocycles. The largest absolute Gasteiger partial charge is 0.309 e. The van der Waals surface area contributed by atoms with Crippen LogP contribution in [0.2, 0.25) is 0 Å². The lowest BCUT2D eigenvalue weighted by Crippen LogP contribution is -2.51. The van der Waals surface area contributed by atoms with Gasteiger partial charge >= 0.3 is 0 Å². The van der Waals surface area contributed by atoms with Crippen LogP contribution in [0.1, 0.15) is 65.7 Å². The normalized spacial score (nSPS) is 33.8. The molecule has 2 unspecified atom stereocenters. The van der Waals surface area contributed by atoms with E-state index < -0.39 is 0 Å². The van der Waals surface area contributed by atoms with Crippen LogP contribution in [0.3, 0.4) is 0 Å². The van der Waals surface area contributed by atoms with Gasteiger partial charge in [0, 0.05) is 11.6 Å². The molecular formula is C14H27N. The Morgan fingerprint density at radius 3 is 2.13 bits per heavy atom. The summed E-state index contributed by atoms with van der Waals surface area (Å²) in [7, 11) is 0. The molecule has 0 bridgehead atoms. The second-order valence-corrected chi connectivity index (χ2v) is 6.36. The predicted octanol–water partition coefficient (Wildman–Crippen LogP) is 3.73. The predicted molar refractivity (Wildman–Crippen MR) is 66.0 cm³/mol. The summed E-state index contributed by atoms with van der Waals surface area (Å²) < 4.78 is 0. The third-order valence-electron chi connectivity index (χ3n) is 4.79. The molecule has 0 aromatic rings. The van der Waals surface area contributed by atoms with Crippen molar-refractivity contribution in [3.8, 4) is 0 Å². The molecule has 88 valence electrons. The van der Waals surface area contributed by atoms with Crippen molar-refractivity contribution in [3.63, 3.8) is 0 Å². The molecule has 0 spiro atoms. The molecule has 2 rings (SSSR count). The van der Waals surface area contributed by atoms with E-state index in [0.29, 0.717) is 5.54 Å². The van der Waals surface area contributed by atoms with Crippen molar-refractivity contribution >= 4 is 0 Å². The molecule has 0 aliphatic heterocycles. The Kier molecular flexibility index (Phi) is 3.39. The highest BCUT2D eigenvalue weighted by molar-refractivity contribution is 4.93. The van der Waals surface area contributed by atoms with Crippen LogP contribution >= 0.6 is 0 Å². The van der Waals surface area contributed by atoms with Crippen LogP contribution in [-0.4, -0.2) is 11.6 Å². The maximum Gasteiger partial charge on any atom is 0.0156 e. The SMILES string of the molecule is CC1CCCC1NC(C)(C)C1CCCC1. The van der Waals surface area contributed by atoms with Crippen LogP contribution in [0, 0.1) is 11.8 Å². The Balaban J connectivity index is 1.90. The summed E-state index contributed by atoms with van der Waals surface area (Å²) in [6.45, 7) is 7.26. The van der Waals surface area contributed by atoms with Gasteiger partial charge in [0.25, 0.3) is 0 Å². The molecule has 2 fully saturated rings. The Morgan fingerprint density at radius 1 is 0.933 bits per heavy atom. The van der Waals surface area contributed by atoms with Gasteiger partial charge in [-0.25, -0.2) is 0 Å². The van der Waals surface area contributed by atoms with Gasteiger partial charge in [-0.1, -0.05) is 26.2 Å². The zero-order valence-electron chi connectivity index (χ0n) is 10.7. The van der Waals surface area contributed by atoms with Crippen LogP contribution in [-0.2, 0) is 0 Å². The average Bonchev–Trinajstić information content (AvgIpc) is 2.77. The van der Waals surface area contributed by atoms with E-state index in [0.717, 1.165) is 17.9 Å².